The van der Waals surface area contributed by atoms with Gasteiger partial charge < -0.3 is 9.47 Å². The molecule has 3 heteroatoms. The summed E-state index contributed by atoms with van der Waals surface area (Å²) in [5, 5.41) is 0. The first kappa shape index (κ1) is 13.1. The number of benzene rings is 1. The number of ketones is 1. The molecule has 0 bridgehead atoms. The SMILES string of the molecule is CCOCCCC(=O)c1cccc2c1OCCC2. The van der Waals surface area contributed by atoms with E-state index in [4.69, 9.17) is 9.47 Å². The molecule has 1 heterocycles. The lowest BCUT2D eigenvalue weighted by Crippen LogP contribution is -2.13. The maximum Gasteiger partial charge on any atom is 0.166 e. The van der Waals surface area contributed by atoms with Crippen molar-refractivity contribution in [3.63, 3.8) is 0 Å². The Kier molecular flexibility index (Phi) is 4.76. The number of carbonyl (C=O) groups excluding carboxylic acids is 1. The summed E-state index contributed by atoms with van der Waals surface area (Å²) in [7, 11) is 0. The van der Waals surface area contributed by atoms with Crippen LogP contribution in [0.15, 0.2) is 18.2 Å². The minimum Gasteiger partial charge on any atom is -0.493 e. The molecule has 0 saturated carbocycles. The molecule has 98 valence electrons. The molecule has 0 amide bonds. The zero-order chi connectivity index (χ0) is 12.8. The molecule has 0 fully saturated rings. The van der Waals surface area contributed by atoms with Crippen molar-refractivity contribution >= 4 is 5.78 Å². The highest BCUT2D eigenvalue weighted by atomic mass is 16.5. The van der Waals surface area contributed by atoms with Gasteiger partial charge in [0.1, 0.15) is 5.75 Å². The van der Waals surface area contributed by atoms with Crippen LogP contribution in [0.1, 0.15) is 42.1 Å². The van der Waals surface area contributed by atoms with Crippen molar-refractivity contribution in [1.29, 1.82) is 0 Å². The first-order valence-corrected chi connectivity index (χ1v) is 6.68. The molecule has 18 heavy (non-hydrogen) atoms. The molecule has 0 unspecified atom stereocenters. The molecular weight excluding hydrogens is 228 g/mol. The third-order valence-electron chi connectivity index (χ3n) is 3.13. The van der Waals surface area contributed by atoms with E-state index in [2.05, 4.69) is 0 Å². The molecule has 2 rings (SSSR count). The number of ether oxygens (including phenoxy) is 2. The van der Waals surface area contributed by atoms with Gasteiger partial charge in [0.05, 0.1) is 12.2 Å². The molecule has 3 nitrogen and oxygen atoms in total. The van der Waals surface area contributed by atoms with Crippen molar-refractivity contribution in [3.05, 3.63) is 29.3 Å². The number of para-hydroxylation sites is 1. The van der Waals surface area contributed by atoms with E-state index in [-0.39, 0.29) is 5.78 Å². The van der Waals surface area contributed by atoms with Gasteiger partial charge in [-0.3, -0.25) is 4.79 Å². The molecule has 0 saturated heterocycles. The quantitative estimate of drug-likeness (QED) is 0.573. The molecule has 0 aromatic heterocycles. The summed E-state index contributed by atoms with van der Waals surface area (Å²) in [6.07, 6.45) is 3.35. The number of carbonyl (C=O) groups is 1. The maximum absolute atomic E-state index is 12.1. The Morgan fingerprint density at radius 3 is 3.17 bits per heavy atom. The van der Waals surface area contributed by atoms with Crippen molar-refractivity contribution < 1.29 is 14.3 Å². The fourth-order valence-corrected chi connectivity index (χ4v) is 2.22. The van der Waals surface area contributed by atoms with Crippen LogP contribution in [0.4, 0.5) is 0 Å². The molecule has 0 aliphatic carbocycles. The Bertz CT molecular complexity index is 412. The average Bonchev–Trinajstić information content (AvgIpc) is 2.43. The van der Waals surface area contributed by atoms with Gasteiger partial charge in [-0.1, -0.05) is 12.1 Å². The van der Waals surface area contributed by atoms with E-state index < -0.39 is 0 Å². The van der Waals surface area contributed by atoms with Gasteiger partial charge in [0.2, 0.25) is 0 Å². The monoisotopic (exact) mass is 248 g/mol. The Balaban J connectivity index is 2.01. The second-order valence-corrected chi connectivity index (χ2v) is 4.47. The standard InChI is InChI=1S/C15H20O3/c1-2-17-10-5-9-14(16)13-8-3-6-12-7-4-11-18-15(12)13/h3,6,8H,2,4-5,7,9-11H2,1H3. The molecule has 0 radical (unpaired) electrons. The van der Waals surface area contributed by atoms with Gasteiger partial charge in [-0.25, -0.2) is 0 Å². The lowest BCUT2D eigenvalue weighted by Gasteiger charge is -2.19. The van der Waals surface area contributed by atoms with E-state index in [1.54, 1.807) is 0 Å². The van der Waals surface area contributed by atoms with E-state index in [1.165, 1.54) is 0 Å². The van der Waals surface area contributed by atoms with Crippen LogP contribution in [-0.2, 0) is 11.2 Å². The van der Waals surface area contributed by atoms with E-state index in [1.807, 2.05) is 25.1 Å². The summed E-state index contributed by atoms with van der Waals surface area (Å²) >= 11 is 0. The molecule has 0 N–H and O–H groups in total. The highest BCUT2D eigenvalue weighted by molar-refractivity contribution is 5.99. The van der Waals surface area contributed by atoms with Gasteiger partial charge in [0.25, 0.3) is 0 Å². The summed E-state index contributed by atoms with van der Waals surface area (Å²) in [4.78, 5) is 12.1. The predicted octanol–water partition coefficient (Wildman–Crippen LogP) is 3.01. The van der Waals surface area contributed by atoms with Crippen LogP contribution in [0, 0.1) is 0 Å². The van der Waals surface area contributed by atoms with Crippen LogP contribution in [0.25, 0.3) is 0 Å². The summed E-state index contributed by atoms with van der Waals surface area (Å²) in [6, 6.07) is 5.86. The largest absolute Gasteiger partial charge is 0.493 e. The number of fused-ring (bicyclic) bond motifs is 1. The fourth-order valence-electron chi connectivity index (χ4n) is 2.22. The molecular formula is C15H20O3. The zero-order valence-corrected chi connectivity index (χ0v) is 10.9. The number of hydrogen-bond donors (Lipinski definition) is 0. The van der Waals surface area contributed by atoms with Crippen molar-refractivity contribution in [2.75, 3.05) is 19.8 Å². The highest BCUT2D eigenvalue weighted by Crippen LogP contribution is 2.29. The van der Waals surface area contributed by atoms with Gasteiger partial charge >= 0.3 is 0 Å². The number of Topliss-reactive ketones (excluding diaryl/α,β-unsaturated/α-hetero) is 1. The van der Waals surface area contributed by atoms with Crippen LogP contribution in [0.3, 0.4) is 0 Å². The Morgan fingerprint density at radius 1 is 1.44 bits per heavy atom. The van der Waals surface area contributed by atoms with Gasteiger partial charge in [0, 0.05) is 19.6 Å². The highest BCUT2D eigenvalue weighted by Gasteiger charge is 2.18. The van der Waals surface area contributed by atoms with Crippen molar-refractivity contribution in [2.24, 2.45) is 0 Å². The fraction of sp³-hybridized carbons (Fsp3) is 0.533. The van der Waals surface area contributed by atoms with Gasteiger partial charge in [-0.2, -0.15) is 0 Å². The first-order chi connectivity index (χ1) is 8.83. The topological polar surface area (TPSA) is 35.5 Å². The zero-order valence-electron chi connectivity index (χ0n) is 10.9. The average molecular weight is 248 g/mol. The number of hydrogen-bond acceptors (Lipinski definition) is 3. The molecule has 1 aromatic carbocycles. The van der Waals surface area contributed by atoms with Crippen LogP contribution >= 0.6 is 0 Å². The van der Waals surface area contributed by atoms with Crippen LogP contribution in [0.2, 0.25) is 0 Å². The summed E-state index contributed by atoms with van der Waals surface area (Å²) in [6.45, 7) is 4.04. The van der Waals surface area contributed by atoms with Crippen LogP contribution < -0.4 is 4.74 Å². The van der Waals surface area contributed by atoms with Crippen molar-refractivity contribution in [2.45, 2.75) is 32.6 Å². The number of rotatable bonds is 6. The molecule has 1 aliphatic heterocycles. The lowest BCUT2D eigenvalue weighted by molar-refractivity contribution is 0.0942. The normalized spacial score (nSPS) is 13.8. The van der Waals surface area contributed by atoms with E-state index in [9.17, 15) is 4.79 Å². The summed E-state index contributed by atoms with van der Waals surface area (Å²) in [5.41, 5.74) is 1.90. The predicted molar refractivity (Wildman–Crippen MR) is 70.3 cm³/mol. The van der Waals surface area contributed by atoms with Crippen LogP contribution in [-0.4, -0.2) is 25.6 Å². The van der Waals surface area contributed by atoms with E-state index in [0.717, 1.165) is 42.7 Å². The summed E-state index contributed by atoms with van der Waals surface area (Å²) in [5.74, 6) is 0.971. The van der Waals surface area contributed by atoms with Gasteiger partial charge in [-0.15, -0.1) is 0 Å². The smallest absolute Gasteiger partial charge is 0.166 e. The maximum atomic E-state index is 12.1. The molecule has 0 atom stereocenters. The lowest BCUT2D eigenvalue weighted by atomic mass is 9.98. The second-order valence-electron chi connectivity index (χ2n) is 4.47. The Morgan fingerprint density at radius 2 is 2.33 bits per heavy atom. The summed E-state index contributed by atoms with van der Waals surface area (Å²) < 4.78 is 10.9. The van der Waals surface area contributed by atoms with Crippen molar-refractivity contribution in [3.8, 4) is 5.75 Å². The van der Waals surface area contributed by atoms with E-state index >= 15 is 0 Å². The van der Waals surface area contributed by atoms with E-state index in [0.29, 0.717) is 19.6 Å². The third-order valence-corrected chi connectivity index (χ3v) is 3.13. The molecule has 1 aliphatic rings. The third kappa shape index (κ3) is 3.10. The van der Waals surface area contributed by atoms with Crippen LogP contribution in [0.5, 0.6) is 5.75 Å². The van der Waals surface area contributed by atoms with Gasteiger partial charge in [0.15, 0.2) is 5.78 Å². The minimum atomic E-state index is 0.161. The molecule has 0 spiro atoms. The van der Waals surface area contributed by atoms with Gasteiger partial charge in [-0.05, 0) is 37.8 Å². The molecule has 1 aromatic rings. The Labute approximate surface area is 108 Å². The second kappa shape index (κ2) is 6.55. The van der Waals surface area contributed by atoms with Crippen molar-refractivity contribution in [1.82, 2.24) is 0 Å². The Hall–Kier alpha value is -1.35. The minimum absolute atomic E-state index is 0.161. The number of aryl methyl sites for hydroxylation is 1. The first-order valence-electron chi connectivity index (χ1n) is 6.68.